The minimum atomic E-state index is -0.0751. The molecule has 26 heavy (non-hydrogen) atoms. The van der Waals surface area contributed by atoms with Crippen LogP contribution in [0.1, 0.15) is 35.7 Å². The number of nitrogens with zero attached hydrogens (tertiary/aromatic N) is 2. The maximum atomic E-state index is 13.2. The first kappa shape index (κ1) is 18.0. The fourth-order valence-electron chi connectivity index (χ4n) is 2.90. The molecule has 0 bridgehead atoms. The van der Waals surface area contributed by atoms with Crippen LogP contribution in [-0.2, 0) is 6.54 Å². The largest absolute Gasteiger partial charge is 0.497 e. The Morgan fingerprint density at radius 3 is 2.69 bits per heavy atom. The lowest BCUT2D eigenvalue weighted by molar-refractivity contribution is 0.0723. The summed E-state index contributed by atoms with van der Waals surface area (Å²) in [4.78, 5) is 19.3. The van der Waals surface area contributed by atoms with Crippen molar-refractivity contribution in [2.45, 2.75) is 32.4 Å². The molecule has 6 heteroatoms. The van der Waals surface area contributed by atoms with E-state index in [0.29, 0.717) is 24.6 Å². The Hall–Kier alpha value is -2.76. The van der Waals surface area contributed by atoms with Crippen molar-refractivity contribution in [2.75, 3.05) is 20.8 Å². The number of hydrogen-bond acceptors (Lipinski definition) is 5. The first-order valence-electron chi connectivity index (χ1n) is 8.77. The highest BCUT2D eigenvalue weighted by atomic mass is 16.5. The highest BCUT2D eigenvalue weighted by Gasteiger charge is 2.35. The molecular formula is C20H24N2O4. The van der Waals surface area contributed by atoms with E-state index in [9.17, 15) is 4.79 Å². The highest BCUT2D eigenvalue weighted by Crippen LogP contribution is 2.34. The number of methoxy groups -OCH3 is 2. The van der Waals surface area contributed by atoms with Gasteiger partial charge in [-0.2, -0.15) is 0 Å². The van der Waals surface area contributed by atoms with Crippen LogP contribution >= 0.6 is 0 Å². The second kappa shape index (κ2) is 8.08. The van der Waals surface area contributed by atoms with Gasteiger partial charge in [-0.05, 0) is 50.1 Å². The summed E-state index contributed by atoms with van der Waals surface area (Å²) in [6, 6.07) is 9.37. The van der Waals surface area contributed by atoms with Crippen LogP contribution in [0.25, 0.3) is 0 Å². The zero-order valence-electron chi connectivity index (χ0n) is 15.4. The number of carbonyl (C=O) groups excluding carboxylic acids is 1. The van der Waals surface area contributed by atoms with E-state index in [2.05, 4.69) is 4.98 Å². The van der Waals surface area contributed by atoms with Crippen LogP contribution in [0.2, 0.25) is 0 Å². The van der Waals surface area contributed by atoms with E-state index in [1.54, 1.807) is 32.5 Å². The molecule has 1 aliphatic rings. The molecule has 0 spiro atoms. The summed E-state index contributed by atoms with van der Waals surface area (Å²) in [6.45, 7) is 2.79. The summed E-state index contributed by atoms with van der Waals surface area (Å²) in [5.41, 5.74) is 1.40. The predicted octanol–water partition coefficient (Wildman–Crippen LogP) is 3.30. The number of rotatable bonds is 8. The van der Waals surface area contributed by atoms with Crippen molar-refractivity contribution in [2.24, 2.45) is 0 Å². The minimum Gasteiger partial charge on any atom is -0.497 e. The first-order valence-corrected chi connectivity index (χ1v) is 8.77. The lowest BCUT2D eigenvalue weighted by Crippen LogP contribution is -2.33. The van der Waals surface area contributed by atoms with Gasteiger partial charge in [0.25, 0.3) is 5.91 Å². The van der Waals surface area contributed by atoms with Crippen molar-refractivity contribution in [1.29, 1.82) is 0 Å². The van der Waals surface area contributed by atoms with Crippen LogP contribution in [0.3, 0.4) is 0 Å². The van der Waals surface area contributed by atoms with Crippen LogP contribution in [-0.4, -0.2) is 42.7 Å². The van der Waals surface area contributed by atoms with Gasteiger partial charge in [0.2, 0.25) is 5.88 Å². The average Bonchev–Trinajstić information content (AvgIpc) is 3.51. The molecule has 0 atom stereocenters. The molecule has 1 aromatic carbocycles. The molecule has 1 heterocycles. The van der Waals surface area contributed by atoms with Gasteiger partial charge in [0.05, 0.1) is 27.4 Å². The quantitative estimate of drug-likeness (QED) is 0.726. The van der Waals surface area contributed by atoms with E-state index in [0.717, 1.165) is 29.9 Å². The summed E-state index contributed by atoms with van der Waals surface area (Å²) in [5, 5.41) is 0. The van der Waals surface area contributed by atoms with E-state index in [-0.39, 0.29) is 11.9 Å². The molecule has 3 rings (SSSR count). The molecule has 0 aliphatic heterocycles. The number of carbonyl (C=O) groups is 1. The standard InChI is InChI=1S/C20H24N2O4/c1-4-26-19-17(6-5-11-21-19)20(23)22(15-7-8-15)13-14-12-16(24-2)9-10-18(14)25-3/h5-6,9-12,15H,4,7-8,13H2,1-3H3. The van der Waals surface area contributed by atoms with Gasteiger partial charge in [-0.1, -0.05) is 0 Å². The molecular weight excluding hydrogens is 332 g/mol. The number of benzene rings is 1. The molecule has 0 radical (unpaired) electrons. The molecule has 6 nitrogen and oxygen atoms in total. The minimum absolute atomic E-state index is 0.0751. The molecule has 0 N–H and O–H groups in total. The molecule has 1 fully saturated rings. The van der Waals surface area contributed by atoms with Crippen molar-refractivity contribution < 1.29 is 19.0 Å². The maximum Gasteiger partial charge on any atom is 0.259 e. The van der Waals surface area contributed by atoms with Gasteiger partial charge in [0.15, 0.2) is 0 Å². The smallest absolute Gasteiger partial charge is 0.259 e. The second-order valence-corrected chi connectivity index (χ2v) is 6.13. The number of ether oxygens (including phenoxy) is 3. The number of pyridine rings is 1. The number of hydrogen-bond donors (Lipinski definition) is 0. The van der Waals surface area contributed by atoms with Gasteiger partial charge in [-0.3, -0.25) is 4.79 Å². The summed E-state index contributed by atoms with van der Waals surface area (Å²) < 4.78 is 16.3. The highest BCUT2D eigenvalue weighted by molar-refractivity contribution is 5.96. The third kappa shape index (κ3) is 3.90. The molecule has 0 unspecified atom stereocenters. The van der Waals surface area contributed by atoms with Gasteiger partial charge in [-0.25, -0.2) is 4.98 Å². The lowest BCUT2D eigenvalue weighted by atomic mass is 10.1. The average molecular weight is 356 g/mol. The fourth-order valence-corrected chi connectivity index (χ4v) is 2.90. The summed E-state index contributed by atoms with van der Waals surface area (Å²) >= 11 is 0. The molecule has 1 aliphatic carbocycles. The Balaban J connectivity index is 1.90. The third-order valence-corrected chi connectivity index (χ3v) is 4.36. The monoisotopic (exact) mass is 356 g/mol. The van der Waals surface area contributed by atoms with E-state index in [1.807, 2.05) is 30.0 Å². The van der Waals surface area contributed by atoms with Gasteiger partial charge >= 0.3 is 0 Å². The predicted molar refractivity (Wildman–Crippen MR) is 97.8 cm³/mol. The van der Waals surface area contributed by atoms with Gasteiger partial charge in [0, 0.05) is 17.8 Å². The van der Waals surface area contributed by atoms with Crippen molar-refractivity contribution in [3.8, 4) is 17.4 Å². The molecule has 138 valence electrons. The van der Waals surface area contributed by atoms with E-state index in [1.165, 1.54) is 0 Å². The van der Waals surface area contributed by atoms with Gasteiger partial charge in [-0.15, -0.1) is 0 Å². The van der Waals surface area contributed by atoms with Gasteiger partial charge < -0.3 is 19.1 Å². The van der Waals surface area contributed by atoms with E-state index >= 15 is 0 Å². The Labute approximate surface area is 153 Å². The van der Waals surface area contributed by atoms with Crippen LogP contribution in [0.5, 0.6) is 17.4 Å². The van der Waals surface area contributed by atoms with Gasteiger partial charge in [0.1, 0.15) is 17.1 Å². The summed E-state index contributed by atoms with van der Waals surface area (Å²) in [5.74, 6) is 1.78. The van der Waals surface area contributed by atoms with Crippen LogP contribution < -0.4 is 14.2 Å². The normalized spacial score (nSPS) is 13.2. The Morgan fingerprint density at radius 1 is 1.23 bits per heavy atom. The van der Waals surface area contributed by atoms with E-state index in [4.69, 9.17) is 14.2 Å². The SMILES string of the molecule is CCOc1ncccc1C(=O)N(Cc1cc(OC)ccc1OC)C1CC1. The van der Waals surface area contributed by atoms with Crippen molar-refractivity contribution >= 4 is 5.91 Å². The fraction of sp³-hybridized carbons (Fsp3) is 0.400. The lowest BCUT2D eigenvalue weighted by Gasteiger charge is -2.24. The Bertz CT molecular complexity index is 774. The second-order valence-electron chi connectivity index (χ2n) is 6.13. The first-order chi connectivity index (χ1) is 12.7. The van der Waals surface area contributed by atoms with Crippen LogP contribution in [0, 0.1) is 0 Å². The zero-order chi connectivity index (χ0) is 18.5. The third-order valence-electron chi connectivity index (χ3n) is 4.36. The van der Waals surface area contributed by atoms with E-state index < -0.39 is 0 Å². The number of aromatic nitrogens is 1. The van der Waals surface area contributed by atoms with Crippen LogP contribution in [0.4, 0.5) is 0 Å². The molecule has 2 aromatic rings. The topological polar surface area (TPSA) is 60.9 Å². The molecule has 1 saturated carbocycles. The Kier molecular flexibility index (Phi) is 5.61. The molecule has 1 aromatic heterocycles. The van der Waals surface area contributed by atoms with Crippen LogP contribution in [0.15, 0.2) is 36.5 Å². The summed E-state index contributed by atoms with van der Waals surface area (Å²) in [7, 11) is 3.25. The van der Waals surface area contributed by atoms with Crippen molar-refractivity contribution in [3.63, 3.8) is 0 Å². The number of amides is 1. The molecule has 1 amide bonds. The Morgan fingerprint density at radius 2 is 2.04 bits per heavy atom. The summed E-state index contributed by atoms with van der Waals surface area (Å²) in [6.07, 6.45) is 3.64. The van der Waals surface area contributed by atoms with Crippen molar-refractivity contribution in [1.82, 2.24) is 9.88 Å². The zero-order valence-corrected chi connectivity index (χ0v) is 15.4. The van der Waals surface area contributed by atoms with Crippen molar-refractivity contribution in [3.05, 3.63) is 47.7 Å². The maximum absolute atomic E-state index is 13.2. The molecule has 0 saturated heterocycles.